The van der Waals surface area contributed by atoms with E-state index in [4.69, 9.17) is 4.42 Å². The zero-order valence-corrected chi connectivity index (χ0v) is 15.4. The van der Waals surface area contributed by atoms with E-state index in [9.17, 15) is 19.7 Å². The summed E-state index contributed by atoms with van der Waals surface area (Å²) in [4.78, 5) is 35.3. The molecule has 0 fully saturated rings. The molecule has 0 aliphatic rings. The standard InChI is InChI=1S/C21H19N3O5/c25-20(22-14-16-8-10-17(11-9-16)24(27)28)18(13-15-5-2-1-3-6-15)23-21(26)19-7-4-12-29-19/h1-12,18H,13-14H2,(H,22,25)(H,23,26). The Morgan fingerprint density at radius 2 is 1.69 bits per heavy atom. The molecular weight excluding hydrogens is 374 g/mol. The van der Waals surface area contributed by atoms with Gasteiger partial charge < -0.3 is 15.1 Å². The van der Waals surface area contributed by atoms with Gasteiger partial charge in [0.15, 0.2) is 5.76 Å². The van der Waals surface area contributed by atoms with E-state index in [1.54, 1.807) is 18.2 Å². The molecule has 3 aromatic rings. The quantitative estimate of drug-likeness (QED) is 0.451. The van der Waals surface area contributed by atoms with Crippen LogP contribution >= 0.6 is 0 Å². The van der Waals surface area contributed by atoms with E-state index < -0.39 is 16.9 Å². The monoisotopic (exact) mass is 393 g/mol. The van der Waals surface area contributed by atoms with E-state index in [1.165, 1.54) is 24.5 Å². The molecule has 1 heterocycles. The number of hydrogen-bond acceptors (Lipinski definition) is 5. The number of non-ortho nitro benzene ring substituents is 1. The van der Waals surface area contributed by atoms with Crippen LogP contribution in [-0.4, -0.2) is 22.8 Å². The molecule has 0 aliphatic carbocycles. The number of nitrogens with one attached hydrogen (secondary N) is 2. The molecule has 3 rings (SSSR count). The Labute approximate surface area is 166 Å². The maximum absolute atomic E-state index is 12.7. The second-order valence-electron chi connectivity index (χ2n) is 6.33. The van der Waals surface area contributed by atoms with Gasteiger partial charge in [-0.15, -0.1) is 0 Å². The van der Waals surface area contributed by atoms with Crippen molar-refractivity contribution in [3.05, 3.63) is 100.0 Å². The molecule has 0 saturated carbocycles. The molecular formula is C21H19N3O5. The Morgan fingerprint density at radius 3 is 2.31 bits per heavy atom. The first kappa shape index (κ1) is 19.8. The Hall–Kier alpha value is -3.94. The van der Waals surface area contributed by atoms with Crippen LogP contribution in [0, 0.1) is 10.1 Å². The minimum atomic E-state index is -0.812. The lowest BCUT2D eigenvalue weighted by atomic mass is 10.0. The van der Waals surface area contributed by atoms with E-state index >= 15 is 0 Å². The van der Waals surface area contributed by atoms with Gasteiger partial charge in [0, 0.05) is 25.1 Å². The van der Waals surface area contributed by atoms with Gasteiger partial charge in [0.1, 0.15) is 6.04 Å². The minimum absolute atomic E-state index is 0.0206. The molecule has 2 amide bonds. The summed E-state index contributed by atoms with van der Waals surface area (Å²) in [5, 5.41) is 16.2. The fraction of sp³-hybridized carbons (Fsp3) is 0.143. The molecule has 8 heteroatoms. The van der Waals surface area contributed by atoms with Gasteiger partial charge in [-0.1, -0.05) is 42.5 Å². The number of nitro groups is 1. The lowest BCUT2D eigenvalue weighted by Crippen LogP contribution is -2.47. The van der Waals surface area contributed by atoms with Crippen molar-refractivity contribution in [1.29, 1.82) is 0 Å². The number of furan rings is 1. The van der Waals surface area contributed by atoms with Crippen LogP contribution in [-0.2, 0) is 17.8 Å². The van der Waals surface area contributed by atoms with E-state index in [1.807, 2.05) is 30.3 Å². The molecule has 29 heavy (non-hydrogen) atoms. The molecule has 1 atom stereocenters. The summed E-state index contributed by atoms with van der Waals surface area (Å²) in [5.41, 5.74) is 1.58. The summed E-state index contributed by atoms with van der Waals surface area (Å²) < 4.78 is 5.09. The smallest absolute Gasteiger partial charge is 0.287 e. The second-order valence-corrected chi connectivity index (χ2v) is 6.33. The maximum atomic E-state index is 12.7. The summed E-state index contributed by atoms with van der Waals surface area (Å²) in [5.74, 6) is -0.736. The zero-order valence-electron chi connectivity index (χ0n) is 15.4. The van der Waals surface area contributed by atoms with E-state index in [2.05, 4.69) is 10.6 Å². The summed E-state index contributed by atoms with van der Waals surface area (Å²) in [6.07, 6.45) is 1.69. The van der Waals surface area contributed by atoms with Gasteiger partial charge in [0.2, 0.25) is 5.91 Å². The van der Waals surface area contributed by atoms with E-state index in [0.29, 0.717) is 12.0 Å². The van der Waals surface area contributed by atoms with Crippen LogP contribution in [0.2, 0.25) is 0 Å². The Bertz CT molecular complexity index is 969. The summed E-state index contributed by atoms with van der Waals surface area (Å²) in [7, 11) is 0. The molecule has 0 spiro atoms. The highest BCUT2D eigenvalue weighted by Crippen LogP contribution is 2.12. The van der Waals surface area contributed by atoms with Gasteiger partial charge in [-0.3, -0.25) is 19.7 Å². The first-order valence-electron chi connectivity index (χ1n) is 8.92. The highest BCUT2D eigenvalue weighted by atomic mass is 16.6. The summed E-state index contributed by atoms with van der Waals surface area (Å²) in [6, 6.07) is 17.5. The van der Waals surface area contributed by atoms with Crippen molar-refractivity contribution in [3.8, 4) is 0 Å². The predicted molar refractivity (Wildman–Crippen MR) is 105 cm³/mol. The third-order valence-electron chi connectivity index (χ3n) is 4.26. The number of carbonyl (C=O) groups is 2. The lowest BCUT2D eigenvalue weighted by Gasteiger charge is -2.18. The molecule has 1 unspecified atom stereocenters. The van der Waals surface area contributed by atoms with Crippen LogP contribution in [0.1, 0.15) is 21.7 Å². The third kappa shape index (κ3) is 5.52. The zero-order chi connectivity index (χ0) is 20.6. The molecule has 2 aromatic carbocycles. The molecule has 148 valence electrons. The number of hydrogen-bond donors (Lipinski definition) is 2. The second kappa shape index (κ2) is 9.32. The van der Waals surface area contributed by atoms with Gasteiger partial charge in [-0.2, -0.15) is 0 Å². The lowest BCUT2D eigenvalue weighted by molar-refractivity contribution is -0.384. The number of rotatable bonds is 8. The average molecular weight is 393 g/mol. The highest BCUT2D eigenvalue weighted by molar-refractivity contribution is 5.95. The Morgan fingerprint density at radius 1 is 0.966 bits per heavy atom. The largest absolute Gasteiger partial charge is 0.459 e. The number of nitrogens with zero attached hydrogens (tertiary/aromatic N) is 1. The summed E-state index contributed by atoms with van der Waals surface area (Å²) >= 11 is 0. The van der Waals surface area contributed by atoms with Crippen molar-refractivity contribution in [2.45, 2.75) is 19.0 Å². The van der Waals surface area contributed by atoms with Crippen molar-refractivity contribution in [2.75, 3.05) is 0 Å². The van der Waals surface area contributed by atoms with E-state index in [0.717, 1.165) is 5.56 Å². The molecule has 0 radical (unpaired) electrons. The van der Waals surface area contributed by atoms with Gasteiger partial charge in [-0.05, 0) is 23.3 Å². The van der Waals surface area contributed by atoms with Crippen molar-refractivity contribution in [2.24, 2.45) is 0 Å². The SMILES string of the molecule is O=C(NC(Cc1ccccc1)C(=O)NCc1ccc([N+](=O)[O-])cc1)c1ccco1. The van der Waals surface area contributed by atoms with Crippen LogP contribution in [0.25, 0.3) is 0 Å². The average Bonchev–Trinajstić information content (AvgIpc) is 3.27. The van der Waals surface area contributed by atoms with Crippen molar-refractivity contribution >= 4 is 17.5 Å². The molecule has 0 saturated heterocycles. The number of nitro benzene ring substituents is 1. The van der Waals surface area contributed by atoms with Crippen molar-refractivity contribution in [3.63, 3.8) is 0 Å². The van der Waals surface area contributed by atoms with Crippen molar-refractivity contribution in [1.82, 2.24) is 10.6 Å². The fourth-order valence-corrected chi connectivity index (χ4v) is 2.74. The molecule has 0 bridgehead atoms. The topological polar surface area (TPSA) is 114 Å². The van der Waals surface area contributed by atoms with Crippen LogP contribution in [0.5, 0.6) is 0 Å². The fourth-order valence-electron chi connectivity index (χ4n) is 2.74. The molecule has 0 aliphatic heterocycles. The Kier molecular flexibility index (Phi) is 6.36. The molecule has 1 aromatic heterocycles. The first-order chi connectivity index (χ1) is 14.0. The van der Waals surface area contributed by atoms with Gasteiger partial charge in [0.25, 0.3) is 11.6 Å². The number of benzene rings is 2. The third-order valence-corrected chi connectivity index (χ3v) is 4.26. The van der Waals surface area contributed by atoms with Gasteiger partial charge in [-0.25, -0.2) is 0 Å². The van der Waals surface area contributed by atoms with Crippen molar-refractivity contribution < 1.29 is 18.9 Å². The first-order valence-corrected chi connectivity index (χ1v) is 8.92. The number of amides is 2. The van der Waals surface area contributed by atoms with Crippen LogP contribution in [0.4, 0.5) is 5.69 Å². The predicted octanol–water partition coefficient (Wildman–Crippen LogP) is 2.85. The highest BCUT2D eigenvalue weighted by Gasteiger charge is 2.23. The van der Waals surface area contributed by atoms with Gasteiger partial charge >= 0.3 is 0 Å². The minimum Gasteiger partial charge on any atom is -0.459 e. The van der Waals surface area contributed by atoms with Gasteiger partial charge in [0.05, 0.1) is 11.2 Å². The van der Waals surface area contributed by atoms with Crippen LogP contribution < -0.4 is 10.6 Å². The maximum Gasteiger partial charge on any atom is 0.287 e. The molecule has 8 nitrogen and oxygen atoms in total. The summed E-state index contributed by atoms with van der Waals surface area (Å²) in [6.45, 7) is 0.179. The number of carbonyl (C=O) groups excluding carboxylic acids is 2. The molecule has 2 N–H and O–H groups in total. The Balaban J connectivity index is 1.67. The van der Waals surface area contributed by atoms with E-state index in [-0.39, 0.29) is 23.9 Å². The van der Waals surface area contributed by atoms with Crippen LogP contribution in [0.3, 0.4) is 0 Å². The van der Waals surface area contributed by atoms with Crippen LogP contribution in [0.15, 0.2) is 77.4 Å². The normalized spacial score (nSPS) is 11.4.